The fourth-order valence-electron chi connectivity index (χ4n) is 1.74. The minimum atomic E-state index is 0.390. The van der Waals surface area contributed by atoms with Gasteiger partial charge in [0, 0.05) is 0 Å². The SMILES string of the molecule is c1ccc([Se]c2c[nH]c3ccccc23)cc1. The van der Waals surface area contributed by atoms with E-state index in [4.69, 9.17) is 0 Å². The Morgan fingerprint density at radius 2 is 1.56 bits per heavy atom. The summed E-state index contributed by atoms with van der Waals surface area (Å²) in [5.41, 5.74) is 1.23. The van der Waals surface area contributed by atoms with Crippen LogP contribution in [0.15, 0.2) is 60.8 Å². The van der Waals surface area contributed by atoms with Crippen LogP contribution < -0.4 is 8.92 Å². The van der Waals surface area contributed by atoms with Gasteiger partial charge in [0.15, 0.2) is 0 Å². The summed E-state index contributed by atoms with van der Waals surface area (Å²) in [6, 6.07) is 19.1. The Balaban J connectivity index is 2.01. The number of hydrogen-bond donors (Lipinski definition) is 1. The van der Waals surface area contributed by atoms with Crippen LogP contribution in [0, 0.1) is 0 Å². The van der Waals surface area contributed by atoms with Crippen molar-refractivity contribution in [2.24, 2.45) is 0 Å². The van der Waals surface area contributed by atoms with E-state index in [1.54, 1.807) is 0 Å². The summed E-state index contributed by atoms with van der Waals surface area (Å²) in [6.07, 6.45) is 2.14. The number of fused-ring (bicyclic) bond motifs is 1. The molecule has 0 fully saturated rings. The number of nitrogens with one attached hydrogen (secondary N) is 1. The average Bonchev–Trinajstić information content (AvgIpc) is 2.74. The monoisotopic (exact) mass is 273 g/mol. The molecule has 0 aliphatic heterocycles. The molecule has 1 N–H and O–H groups in total. The van der Waals surface area contributed by atoms with E-state index in [9.17, 15) is 0 Å². The summed E-state index contributed by atoms with van der Waals surface area (Å²) < 4.78 is 2.84. The van der Waals surface area contributed by atoms with Gasteiger partial charge in [-0.15, -0.1) is 0 Å². The molecule has 0 atom stereocenters. The van der Waals surface area contributed by atoms with E-state index in [0.29, 0.717) is 15.0 Å². The van der Waals surface area contributed by atoms with Crippen molar-refractivity contribution in [1.29, 1.82) is 0 Å². The Hall–Kier alpha value is -1.50. The van der Waals surface area contributed by atoms with E-state index in [-0.39, 0.29) is 0 Å². The number of para-hydroxylation sites is 1. The van der Waals surface area contributed by atoms with E-state index in [2.05, 4.69) is 65.8 Å². The molecular weight excluding hydrogens is 261 g/mol. The van der Waals surface area contributed by atoms with Gasteiger partial charge in [-0.25, -0.2) is 0 Å². The first kappa shape index (κ1) is 9.71. The first-order valence-corrected chi connectivity index (χ1v) is 6.94. The predicted molar refractivity (Wildman–Crippen MR) is 69.8 cm³/mol. The Labute approximate surface area is 101 Å². The minimum absolute atomic E-state index is 0.390. The molecule has 2 aromatic carbocycles. The maximum absolute atomic E-state index is 3.32. The molecule has 0 unspecified atom stereocenters. The zero-order valence-electron chi connectivity index (χ0n) is 8.68. The number of benzene rings is 2. The van der Waals surface area contributed by atoms with Crippen LogP contribution in [0.2, 0.25) is 0 Å². The van der Waals surface area contributed by atoms with Gasteiger partial charge in [-0.2, -0.15) is 0 Å². The van der Waals surface area contributed by atoms with Crippen LogP contribution in [0.25, 0.3) is 10.9 Å². The molecule has 0 aliphatic carbocycles. The van der Waals surface area contributed by atoms with Crippen molar-refractivity contribution in [2.45, 2.75) is 0 Å². The number of aromatic amines is 1. The summed E-state index contributed by atoms with van der Waals surface area (Å²) in [5, 5.41) is 1.35. The third kappa shape index (κ3) is 1.78. The maximum atomic E-state index is 3.32. The topological polar surface area (TPSA) is 15.8 Å². The fraction of sp³-hybridized carbons (Fsp3) is 0. The van der Waals surface area contributed by atoms with Gasteiger partial charge in [0.05, 0.1) is 0 Å². The van der Waals surface area contributed by atoms with E-state index < -0.39 is 0 Å². The molecule has 1 nitrogen and oxygen atoms in total. The number of aromatic nitrogens is 1. The molecule has 1 aromatic heterocycles. The molecule has 2 heteroatoms. The van der Waals surface area contributed by atoms with Gasteiger partial charge in [0.1, 0.15) is 0 Å². The van der Waals surface area contributed by atoms with Gasteiger partial charge in [0.2, 0.25) is 0 Å². The molecule has 16 heavy (non-hydrogen) atoms. The van der Waals surface area contributed by atoms with Gasteiger partial charge in [-0.1, -0.05) is 0 Å². The Morgan fingerprint density at radius 3 is 2.44 bits per heavy atom. The Bertz CT molecular complexity index is 598. The molecule has 0 bridgehead atoms. The van der Waals surface area contributed by atoms with Crippen molar-refractivity contribution < 1.29 is 0 Å². The number of hydrogen-bond acceptors (Lipinski definition) is 0. The van der Waals surface area contributed by atoms with Crippen molar-refractivity contribution >= 4 is 34.8 Å². The molecule has 78 valence electrons. The molecule has 1 heterocycles. The predicted octanol–water partition coefficient (Wildman–Crippen LogP) is 1.82. The van der Waals surface area contributed by atoms with E-state index >= 15 is 0 Å². The molecule has 0 aliphatic rings. The molecule has 0 saturated carbocycles. The summed E-state index contributed by atoms with van der Waals surface area (Å²) in [6.45, 7) is 0. The fourth-order valence-corrected chi connectivity index (χ4v) is 3.74. The van der Waals surface area contributed by atoms with Gasteiger partial charge >= 0.3 is 101 Å². The zero-order valence-corrected chi connectivity index (χ0v) is 10.4. The van der Waals surface area contributed by atoms with E-state index in [1.807, 2.05) is 0 Å². The van der Waals surface area contributed by atoms with Crippen LogP contribution in [0.1, 0.15) is 0 Å². The van der Waals surface area contributed by atoms with Gasteiger partial charge in [0.25, 0.3) is 0 Å². The third-order valence-corrected chi connectivity index (χ3v) is 4.76. The molecule has 3 aromatic rings. The van der Waals surface area contributed by atoms with E-state index in [0.717, 1.165) is 0 Å². The van der Waals surface area contributed by atoms with E-state index in [1.165, 1.54) is 19.8 Å². The van der Waals surface area contributed by atoms with Crippen LogP contribution in [0.4, 0.5) is 0 Å². The summed E-state index contributed by atoms with van der Waals surface area (Å²) >= 11 is 0.390. The van der Waals surface area contributed by atoms with Crippen molar-refractivity contribution in [3.05, 3.63) is 60.8 Å². The Morgan fingerprint density at radius 1 is 0.812 bits per heavy atom. The summed E-state index contributed by atoms with van der Waals surface area (Å²) in [4.78, 5) is 3.32. The summed E-state index contributed by atoms with van der Waals surface area (Å²) in [7, 11) is 0. The molecule has 0 amide bonds. The van der Waals surface area contributed by atoms with Crippen LogP contribution in [-0.4, -0.2) is 19.9 Å². The second kappa shape index (κ2) is 4.17. The van der Waals surface area contributed by atoms with Gasteiger partial charge in [-0.3, -0.25) is 0 Å². The van der Waals surface area contributed by atoms with Crippen molar-refractivity contribution in [3.63, 3.8) is 0 Å². The Kier molecular flexibility index (Phi) is 2.53. The normalized spacial score (nSPS) is 10.8. The first-order valence-electron chi connectivity index (χ1n) is 5.22. The van der Waals surface area contributed by atoms with Crippen LogP contribution >= 0.6 is 0 Å². The van der Waals surface area contributed by atoms with Crippen molar-refractivity contribution in [1.82, 2.24) is 4.98 Å². The third-order valence-electron chi connectivity index (χ3n) is 2.52. The zero-order chi connectivity index (χ0) is 10.8. The number of H-pyrrole nitrogens is 1. The second-order valence-electron chi connectivity index (χ2n) is 3.61. The van der Waals surface area contributed by atoms with Crippen LogP contribution in [0.3, 0.4) is 0 Å². The summed E-state index contributed by atoms with van der Waals surface area (Å²) in [5.74, 6) is 0. The van der Waals surface area contributed by atoms with Crippen molar-refractivity contribution in [2.75, 3.05) is 0 Å². The molecule has 0 spiro atoms. The van der Waals surface area contributed by atoms with Crippen molar-refractivity contribution in [3.8, 4) is 0 Å². The quantitative estimate of drug-likeness (QED) is 0.685. The molecular formula is C14H11NSe. The van der Waals surface area contributed by atoms with Gasteiger partial charge in [-0.05, 0) is 0 Å². The van der Waals surface area contributed by atoms with Crippen LogP contribution in [-0.2, 0) is 0 Å². The molecule has 0 saturated heterocycles. The standard InChI is InChI=1S/C14H11NSe/c1-2-6-11(7-3-1)16-14-10-15-13-9-5-4-8-12(13)14/h1-10,15H. The first-order chi connectivity index (χ1) is 7.93. The van der Waals surface area contributed by atoms with Gasteiger partial charge < -0.3 is 0 Å². The molecule has 3 rings (SSSR count). The average molecular weight is 272 g/mol. The van der Waals surface area contributed by atoms with Crippen LogP contribution in [0.5, 0.6) is 0 Å². The number of rotatable bonds is 2. The second-order valence-corrected chi connectivity index (χ2v) is 5.95. The molecule has 0 radical (unpaired) electrons.